The van der Waals surface area contributed by atoms with E-state index in [1.807, 2.05) is 4.52 Å². The van der Waals surface area contributed by atoms with Gasteiger partial charge in [0.05, 0.1) is 5.52 Å². The topological polar surface area (TPSA) is 30.2 Å². The number of rotatable bonds is 1. The molecule has 0 radical (unpaired) electrons. The third-order valence-electron chi connectivity index (χ3n) is 3.91. The Hall–Kier alpha value is -2.42. The third kappa shape index (κ3) is 1.40. The predicted molar refractivity (Wildman–Crippen MR) is 82.1 cm³/mol. The highest BCUT2D eigenvalue weighted by molar-refractivity contribution is 6.12. The Balaban J connectivity index is 2.39. The first-order valence-electron chi connectivity index (χ1n) is 6.90. The molecule has 3 heteroatoms. The Morgan fingerprint density at radius 1 is 0.900 bits per heavy atom. The van der Waals surface area contributed by atoms with Gasteiger partial charge in [0.15, 0.2) is 5.65 Å². The van der Waals surface area contributed by atoms with Crippen molar-refractivity contribution in [3.05, 3.63) is 54.4 Å². The summed E-state index contributed by atoms with van der Waals surface area (Å²) in [6.07, 6.45) is 1.64. The molecule has 0 fully saturated rings. The van der Waals surface area contributed by atoms with Gasteiger partial charge in [0, 0.05) is 10.8 Å². The minimum Gasteiger partial charge on any atom is -0.215 e. The summed E-state index contributed by atoms with van der Waals surface area (Å²) >= 11 is 0. The fourth-order valence-electron chi connectivity index (χ4n) is 2.98. The average Bonchev–Trinajstić information content (AvgIpc) is 2.96. The maximum absolute atomic E-state index is 4.45. The van der Waals surface area contributed by atoms with Crippen LogP contribution in [0.15, 0.2) is 48.8 Å². The minimum absolute atomic E-state index is 0.451. The molecule has 2 aromatic carbocycles. The van der Waals surface area contributed by atoms with E-state index in [4.69, 9.17) is 0 Å². The molecular formula is C17H15N3. The Bertz CT molecular complexity index is 935. The van der Waals surface area contributed by atoms with E-state index < -0.39 is 0 Å². The van der Waals surface area contributed by atoms with Crippen molar-refractivity contribution in [3.63, 3.8) is 0 Å². The van der Waals surface area contributed by atoms with Gasteiger partial charge in [-0.25, -0.2) is 9.50 Å². The summed E-state index contributed by atoms with van der Waals surface area (Å²) in [7, 11) is 0. The summed E-state index contributed by atoms with van der Waals surface area (Å²) in [6, 6.07) is 14.9. The van der Waals surface area contributed by atoms with E-state index in [0.29, 0.717) is 5.92 Å². The Labute approximate surface area is 116 Å². The molecule has 4 rings (SSSR count). The zero-order valence-electron chi connectivity index (χ0n) is 11.5. The van der Waals surface area contributed by atoms with E-state index in [1.165, 1.54) is 21.9 Å². The monoisotopic (exact) mass is 261 g/mol. The normalized spacial score (nSPS) is 11.9. The van der Waals surface area contributed by atoms with E-state index in [-0.39, 0.29) is 0 Å². The van der Waals surface area contributed by atoms with E-state index in [9.17, 15) is 0 Å². The zero-order valence-corrected chi connectivity index (χ0v) is 11.5. The maximum Gasteiger partial charge on any atom is 0.163 e. The largest absolute Gasteiger partial charge is 0.215 e. The number of hydrogen-bond donors (Lipinski definition) is 0. The molecule has 0 aliphatic carbocycles. The van der Waals surface area contributed by atoms with Gasteiger partial charge in [-0.2, -0.15) is 5.10 Å². The van der Waals surface area contributed by atoms with Crippen LogP contribution in [0.3, 0.4) is 0 Å². The number of hydrogen-bond acceptors (Lipinski definition) is 2. The van der Waals surface area contributed by atoms with Crippen molar-refractivity contribution in [2.45, 2.75) is 19.8 Å². The molecule has 0 unspecified atom stereocenters. The summed E-state index contributed by atoms with van der Waals surface area (Å²) in [4.78, 5) is 4.45. The second-order valence-corrected chi connectivity index (χ2v) is 5.44. The molecule has 0 spiro atoms. The second-order valence-electron chi connectivity index (χ2n) is 5.44. The van der Waals surface area contributed by atoms with Crippen molar-refractivity contribution >= 4 is 27.3 Å². The van der Waals surface area contributed by atoms with Crippen molar-refractivity contribution in [1.29, 1.82) is 0 Å². The Morgan fingerprint density at radius 2 is 1.65 bits per heavy atom. The smallest absolute Gasteiger partial charge is 0.163 e. The average molecular weight is 261 g/mol. The van der Waals surface area contributed by atoms with Crippen LogP contribution in [-0.4, -0.2) is 14.6 Å². The van der Waals surface area contributed by atoms with E-state index in [2.05, 4.69) is 66.4 Å². The second kappa shape index (κ2) is 4.04. The summed E-state index contributed by atoms with van der Waals surface area (Å²) in [5.41, 5.74) is 3.42. The molecule has 0 saturated carbocycles. The van der Waals surface area contributed by atoms with Crippen LogP contribution in [0.2, 0.25) is 0 Å². The summed E-state index contributed by atoms with van der Waals surface area (Å²) in [5.74, 6) is 0.451. The quantitative estimate of drug-likeness (QED) is 0.482. The van der Waals surface area contributed by atoms with E-state index in [0.717, 1.165) is 11.0 Å². The van der Waals surface area contributed by atoms with Crippen LogP contribution in [0.25, 0.3) is 27.3 Å². The highest BCUT2D eigenvalue weighted by atomic mass is 15.3. The van der Waals surface area contributed by atoms with Crippen molar-refractivity contribution in [3.8, 4) is 0 Å². The van der Waals surface area contributed by atoms with Crippen LogP contribution in [0.5, 0.6) is 0 Å². The molecule has 2 aromatic heterocycles. The van der Waals surface area contributed by atoms with Gasteiger partial charge in [0.1, 0.15) is 6.33 Å². The molecular weight excluding hydrogens is 246 g/mol. The van der Waals surface area contributed by atoms with Crippen LogP contribution < -0.4 is 0 Å². The Morgan fingerprint density at radius 3 is 2.45 bits per heavy atom. The standard InChI is InChI=1S/C17H15N3/c1-11(2)12-8-5-9-14-13-6-3-4-7-15(13)17-18-10-19-20(17)16(12)14/h3-11H,1-2H3. The first-order valence-corrected chi connectivity index (χ1v) is 6.90. The maximum atomic E-state index is 4.45. The summed E-state index contributed by atoms with van der Waals surface area (Å²) < 4.78 is 1.98. The molecule has 0 bridgehead atoms. The van der Waals surface area contributed by atoms with Crippen LogP contribution in [-0.2, 0) is 0 Å². The van der Waals surface area contributed by atoms with Gasteiger partial charge in [0.25, 0.3) is 0 Å². The molecule has 4 aromatic rings. The highest BCUT2D eigenvalue weighted by Gasteiger charge is 2.14. The fraction of sp³-hybridized carbons (Fsp3) is 0.176. The lowest BCUT2D eigenvalue weighted by Gasteiger charge is -2.13. The lowest BCUT2D eigenvalue weighted by molar-refractivity contribution is 0.863. The van der Waals surface area contributed by atoms with Gasteiger partial charge < -0.3 is 0 Å². The van der Waals surface area contributed by atoms with Crippen molar-refractivity contribution in [2.75, 3.05) is 0 Å². The number of aromatic nitrogens is 3. The predicted octanol–water partition coefficient (Wildman–Crippen LogP) is 4.16. The molecule has 3 nitrogen and oxygen atoms in total. The molecule has 98 valence electrons. The first-order chi connectivity index (χ1) is 9.77. The molecule has 0 aliphatic heterocycles. The molecule has 0 amide bonds. The number of fused-ring (bicyclic) bond motifs is 6. The molecule has 0 N–H and O–H groups in total. The first kappa shape index (κ1) is 11.4. The molecule has 2 heterocycles. The van der Waals surface area contributed by atoms with Crippen LogP contribution in [0.4, 0.5) is 0 Å². The molecule has 0 saturated heterocycles. The minimum atomic E-state index is 0.451. The number of pyridine rings is 1. The summed E-state index contributed by atoms with van der Waals surface area (Å²) in [6.45, 7) is 4.43. The van der Waals surface area contributed by atoms with Gasteiger partial charge in [-0.1, -0.05) is 56.3 Å². The van der Waals surface area contributed by atoms with E-state index >= 15 is 0 Å². The van der Waals surface area contributed by atoms with E-state index in [1.54, 1.807) is 6.33 Å². The summed E-state index contributed by atoms with van der Waals surface area (Å²) in [5, 5.41) is 8.08. The third-order valence-corrected chi connectivity index (χ3v) is 3.91. The lowest BCUT2D eigenvalue weighted by atomic mass is 9.97. The molecule has 20 heavy (non-hydrogen) atoms. The highest BCUT2D eigenvalue weighted by Crippen LogP contribution is 2.32. The number of nitrogens with zero attached hydrogens (tertiary/aromatic N) is 3. The van der Waals surface area contributed by atoms with Gasteiger partial charge in [-0.15, -0.1) is 0 Å². The van der Waals surface area contributed by atoms with Crippen molar-refractivity contribution in [1.82, 2.24) is 14.6 Å². The van der Waals surface area contributed by atoms with Crippen molar-refractivity contribution in [2.24, 2.45) is 0 Å². The molecule has 0 aliphatic rings. The van der Waals surface area contributed by atoms with Crippen LogP contribution >= 0.6 is 0 Å². The molecule has 0 atom stereocenters. The number of para-hydroxylation sites is 1. The van der Waals surface area contributed by atoms with Gasteiger partial charge in [-0.3, -0.25) is 0 Å². The van der Waals surface area contributed by atoms with Crippen LogP contribution in [0, 0.1) is 0 Å². The van der Waals surface area contributed by atoms with Crippen LogP contribution in [0.1, 0.15) is 25.3 Å². The lowest BCUT2D eigenvalue weighted by Crippen LogP contribution is -1.99. The van der Waals surface area contributed by atoms with Gasteiger partial charge >= 0.3 is 0 Å². The van der Waals surface area contributed by atoms with Gasteiger partial charge in [-0.05, 0) is 16.9 Å². The van der Waals surface area contributed by atoms with Crippen molar-refractivity contribution < 1.29 is 0 Å². The Kier molecular flexibility index (Phi) is 2.30. The SMILES string of the molecule is CC(C)c1cccc2c3ccccc3c3ncnn3c12. The van der Waals surface area contributed by atoms with Gasteiger partial charge in [0.2, 0.25) is 0 Å². The number of benzene rings is 2. The fourth-order valence-corrected chi connectivity index (χ4v) is 2.98. The zero-order chi connectivity index (χ0) is 13.7.